The zero-order valence-electron chi connectivity index (χ0n) is 10.0. The van der Waals surface area contributed by atoms with Gasteiger partial charge in [-0.05, 0) is 6.07 Å². The van der Waals surface area contributed by atoms with Crippen LogP contribution in [0.2, 0.25) is 0 Å². The van der Waals surface area contributed by atoms with E-state index in [1.165, 1.54) is 0 Å². The highest BCUT2D eigenvalue weighted by atomic mass is 16.5. The van der Waals surface area contributed by atoms with E-state index >= 15 is 0 Å². The van der Waals surface area contributed by atoms with Crippen LogP contribution < -0.4 is 16.4 Å². The van der Waals surface area contributed by atoms with E-state index in [0.717, 1.165) is 5.69 Å². The number of nitriles is 1. The van der Waals surface area contributed by atoms with Crippen LogP contribution >= 0.6 is 0 Å². The third-order valence-corrected chi connectivity index (χ3v) is 3.12. The van der Waals surface area contributed by atoms with Crippen LogP contribution in [0.3, 0.4) is 0 Å². The molecule has 1 aromatic carbocycles. The number of benzene rings is 1. The van der Waals surface area contributed by atoms with Gasteiger partial charge in [0.1, 0.15) is 0 Å². The number of nitrogens with one attached hydrogen (secondary N) is 1. The van der Waals surface area contributed by atoms with Gasteiger partial charge < -0.3 is 19.8 Å². The fraction of sp³-hybridized carbons (Fsp3) is 0.333. The van der Waals surface area contributed by atoms with E-state index in [1.807, 2.05) is 4.90 Å². The molecule has 0 bridgehead atoms. The molecule has 0 aliphatic carbocycles. The van der Waals surface area contributed by atoms with Gasteiger partial charge in [0.05, 0.1) is 36.1 Å². The van der Waals surface area contributed by atoms with Gasteiger partial charge in [-0.3, -0.25) is 4.98 Å². The molecule has 0 saturated carbocycles. The molecule has 98 valence electrons. The van der Waals surface area contributed by atoms with Crippen molar-refractivity contribution in [3.05, 3.63) is 22.7 Å². The number of oxazole rings is 1. The summed E-state index contributed by atoms with van der Waals surface area (Å²) in [6.07, 6.45) is -0.466. The van der Waals surface area contributed by atoms with Gasteiger partial charge in [0, 0.05) is 12.6 Å². The van der Waals surface area contributed by atoms with Gasteiger partial charge in [-0.1, -0.05) is 0 Å². The van der Waals surface area contributed by atoms with Crippen LogP contribution in [0.25, 0.3) is 11.1 Å². The minimum Gasteiger partial charge on any atom is -0.408 e. The fourth-order valence-electron chi connectivity index (χ4n) is 2.22. The van der Waals surface area contributed by atoms with Crippen molar-refractivity contribution in [3.8, 4) is 6.07 Å². The quantitative estimate of drug-likeness (QED) is 0.720. The first-order chi connectivity index (χ1) is 9.17. The number of ether oxygens (including phenoxy) is 1. The zero-order chi connectivity index (χ0) is 13.4. The lowest BCUT2D eigenvalue weighted by Gasteiger charge is -2.32. The normalized spacial score (nSPS) is 19.5. The third kappa shape index (κ3) is 2.02. The van der Waals surface area contributed by atoms with Gasteiger partial charge in [0.2, 0.25) is 0 Å². The number of nitrogen functional groups attached to an aromatic ring is 1. The Labute approximate surface area is 108 Å². The maximum Gasteiger partial charge on any atom is 0.417 e. The van der Waals surface area contributed by atoms with Gasteiger partial charge in [-0.2, -0.15) is 5.26 Å². The van der Waals surface area contributed by atoms with Crippen molar-refractivity contribution < 1.29 is 9.15 Å². The Morgan fingerprint density at radius 3 is 3.16 bits per heavy atom. The smallest absolute Gasteiger partial charge is 0.408 e. The Morgan fingerprint density at radius 2 is 2.37 bits per heavy atom. The molecule has 3 N–H and O–H groups in total. The molecule has 2 aromatic rings. The molecule has 1 atom stereocenters. The van der Waals surface area contributed by atoms with Crippen molar-refractivity contribution in [3.63, 3.8) is 0 Å². The van der Waals surface area contributed by atoms with E-state index < -0.39 is 11.9 Å². The van der Waals surface area contributed by atoms with Crippen LogP contribution in [0.15, 0.2) is 21.3 Å². The van der Waals surface area contributed by atoms with E-state index in [9.17, 15) is 4.79 Å². The number of anilines is 2. The minimum absolute atomic E-state index is 0.427. The van der Waals surface area contributed by atoms with E-state index in [1.54, 1.807) is 12.1 Å². The molecule has 7 nitrogen and oxygen atoms in total. The van der Waals surface area contributed by atoms with E-state index in [0.29, 0.717) is 36.5 Å². The van der Waals surface area contributed by atoms with Crippen LogP contribution in [0.4, 0.5) is 11.4 Å². The van der Waals surface area contributed by atoms with Crippen molar-refractivity contribution in [1.29, 1.82) is 5.26 Å². The molecule has 1 aliphatic rings. The standard InChI is InChI=1S/C12H12N4O3/c13-5-7-6-16(1-2-18-7)10-4-9-11(3-8(10)14)19-12(17)15-9/h3-4,7H,1-2,6,14H2,(H,15,17). The molecule has 1 fully saturated rings. The Kier molecular flexibility index (Phi) is 2.65. The van der Waals surface area contributed by atoms with Gasteiger partial charge in [-0.25, -0.2) is 4.79 Å². The van der Waals surface area contributed by atoms with Gasteiger partial charge in [-0.15, -0.1) is 0 Å². The number of hydrogen-bond acceptors (Lipinski definition) is 6. The predicted molar refractivity (Wildman–Crippen MR) is 68.8 cm³/mol. The van der Waals surface area contributed by atoms with Gasteiger partial charge in [0.15, 0.2) is 11.7 Å². The average Bonchev–Trinajstić information content (AvgIpc) is 2.77. The summed E-state index contributed by atoms with van der Waals surface area (Å²) in [6.45, 7) is 1.57. The SMILES string of the molecule is N#CC1CN(c2cc3[nH]c(=O)oc3cc2N)CCO1. The van der Waals surface area contributed by atoms with Crippen molar-refractivity contribution in [1.82, 2.24) is 4.98 Å². The molecular weight excluding hydrogens is 248 g/mol. The van der Waals surface area contributed by atoms with Crippen LogP contribution in [0.1, 0.15) is 0 Å². The first kappa shape index (κ1) is 11.6. The highest BCUT2D eigenvalue weighted by molar-refractivity contribution is 5.85. The lowest BCUT2D eigenvalue weighted by molar-refractivity contribution is 0.0765. The number of nitrogens with zero attached hydrogens (tertiary/aromatic N) is 2. The summed E-state index contributed by atoms with van der Waals surface area (Å²) in [5, 5.41) is 8.90. The van der Waals surface area contributed by atoms with Crippen LogP contribution in [-0.4, -0.2) is 30.8 Å². The molecule has 19 heavy (non-hydrogen) atoms. The maximum atomic E-state index is 11.1. The minimum atomic E-state index is -0.511. The van der Waals surface area contributed by atoms with E-state index in [-0.39, 0.29) is 0 Å². The summed E-state index contributed by atoms with van der Waals surface area (Å²) >= 11 is 0. The predicted octanol–water partition coefficient (Wildman–Crippen LogP) is 0.432. The number of nitrogens with two attached hydrogens (primary N) is 1. The average molecular weight is 260 g/mol. The number of morpholine rings is 1. The largest absolute Gasteiger partial charge is 0.417 e. The number of fused-ring (bicyclic) bond motifs is 1. The molecule has 1 aliphatic heterocycles. The topological polar surface area (TPSA) is 108 Å². The Balaban J connectivity index is 2.02. The van der Waals surface area contributed by atoms with Crippen LogP contribution in [0.5, 0.6) is 0 Å². The Morgan fingerprint density at radius 1 is 1.53 bits per heavy atom. The first-order valence-corrected chi connectivity index (χ1v) is 5.86. The monoisotopic (exact) mass is 260 g/mol. The zero-order valence-corrected chi connectivity index (χ0v) is 10.0. The molecular formula is C12H12N4O3. The van der Waals surface area contributed by atoms with Gasteiger partial charge in [0.25, 0.3) is 0 Å². The summed E-state index contributed by atoms with van der Waals surface area (Å²) in [4.78, 5) is 15.7. The summed E-state index contributed by atoms with van der Waals surface area (Å²) in [5.74, 6) is -0.511. The second kappa shape index (κ2) is 4.33. The second-order valence-electron chi connectivity index (χ2n) is 4.36. The van der Waals surface area contributed by atoms with Crippen molar-refractivity contribution in [2.45, 2.75) is 6.10 Å². The van der Waals surface area contributed by atoms with Crippen molar-refractivity contribution in [2.75, 3.05) is 30.3 Å². The van der Waals surface area contributed by atoms with Gasteiger partial charge >= 0.3 is 5.76 Å². The number of aromatic amines is 1. The highest BCUT2D eigenvalue weighted by Gasteiger charge is 2.22. The molecule has 3 rings (SSSR count). The second-order valence-corrected chi connectivity index (χ2v) is 4.36. The molecule has 1 saturated heterocycles. The summed E-state index contributed by atoms with van der Waals surface area (Å²) in [7, 11) is 0. The molecule has 2 heterocycles. The Hall–Kier alpha value is -2.46. The molecule has 1 aromatic heterocycles. The van der Waals surface area contributed by atoms with Crippen LogP contribution in [-0.2, 0) is 4.74 Å². The first-order valence-electron chi connectivity index (χ1n) is 5.86. The highest BCUT2D eigenvalue weighted by Crippen LogP contribution is 2.29. The van der Waals surface area contributed by atoms with Crippen molar-refractivity contribution in [2.24, 2.45) is 0 Å². The third-order valence-electron chi connectivity index (χ3n) is 3.12. The molecule has 0 radical (unpaired) electrons. The number of aromatic nitrogens is 1. The summed E-state index contributed by atoms with van der Waals surface area (Å²) < 4.78 is 10.2. The summed E-state index contributed by atoms with van der Waals surface area (Å²) in [6, 6.07) is 5.45. The van der Waals surface area contributed by atoms with E-state index in [2.05, 4.69) is 11.1 Å². The lowest BCUT2D eigenvalue weighted by atomic mass is 10.2. The van der Waals surface area contributed by atoms with Crippen molar-refractivity contribution >= 4 is 22.5 Å². The van der Waals surface area contributed by atoms with Crippen LogP contribution in [0, 0.1) is 11.3 Å². The molecule has 0 amide bonds. The maximum absolute atomic E-state index is 11.1. The number of rotatable bonds is 1. The number of H-pyrrole nitrogens is 1. The number of hydrogen-bond donors (Lipinski definition) is 2. The summed E-state index contributed by atoms with van der Waals surface area (Å²) in [5.41, 5.74) is 8.27. The van der Waals surface area contributed by atoms with E-state index in [4.69, 9.17) is 20.1 Å². The fourth-order valence-corrected chi connectivity index (χ4v) is 2.22. The molecule has 0 spiro atoms. The molecule has 7 heteroatoms. The molecule has 1 unspecified atom stereocenters. The lowest BCUT2D eigenvalue weighted by Crippen LogP contribution is -2.42. The Bertz CT molecular complexity index is 712.